The Morgan fingerprint density at radius 3 is 1.48 bits per heavy atom. The normalized spacial score (nSPS) is 13.8. The maximum Gasteiger partial charge on any atom is 0.472 e. The molecule has 0 aromatic heterocycles. The molecule has 0 fully saturated rings. The van der Waals surface area contributed by atoms with Gasteiger partial charge in [0.05, 0.1) is 19.8 Å². The van der Waals surface area contributed by atoms with Crippen LogP contribution in [0.3, 0.4) is 0 Å². The van der Waals surface area contributed by atoms with Gasteiger partial charge in [-0.3, -0.25) is 13.8 Å². The van der Waals surface area contributed by atoms with Gasteiger partial charge in [-0.15, -0.1) is 0 Å². The third-order valence-corrected chi connectivity index (χ3v) is 10.5. The molecule has 2 atom stereocenters. The highest BCUT2D eigenvalue weighted by Gasteiger charge is 2.25. The lowest BCUT2D eigenvalue weighted by Gasteiger charge is -2.20. The maximum absolute atomic E-state index is 12.6. The van der Waals surface area contributed by atoms with Crippen molar-refractivity contribution in [2.45, 2.75) is 213 Å². The van der Waals surface area contributed by atoms with Gasteiger partial charge in [0.25, 0.3) is 0 Å². The van der Waals surface area contributed by atoms with Crippen LogP contribution in [0.4, 0.5) is 0 Å². The summed E-state index contributed by atoms with van der Waals surface area (Å²) < 4.78 is 33.4. The predicted octanol–water partition coefficient (Wildman–Crippen LogP) is 13.4. The van der Waals surface area contributed by atoms with Gasteiger partial charge in [0.15, 0.2) is 0 Å². The zero-order valence-corrected chi connectivity index (χ0v) is 36.1. The number of rotatable bonds is 43. The highest BCUT2D eigenvalue weighted by molar-refractivity contribution is 7.47. The standard InChI is InChI=1S/C45H86NO7P/c1-3-5-7-9-11-13-15-17-19-20-21-22-23-24-25-26-28-30-32-34-36-38-45(47)53-44(43-52-54(48,49)51-41-39-46)42-50-40-37-35-33-31-29-27-18-16-14-12-10-8-6-4-2/h14-17,20-21,44H,3-13,18-19,22-43,46H2,1-2H3,(H,48,49)/b16-14-,17-15-,21-20-. The molecular formula is C45H86NO7P. The quantitative estimate of drug-likeness (QED) is 0.0272. The molecule has 3 N–H and O–H groups in total. The topological polar surface area (TPSA) is 117 Å². The van der Waals surface area contributed by atoms with E-state index in [4.69, 9.17) is 24.3 Å². The highest BCUT2D eigenvalue weighted by atomic mass is 31.2. The maximum atomic E-state index is 12.6. The summed E-state index contributed by atoms with van der Waals surface area (Å²) in [5.74, 6) is -0.336. The van der Waals surface area contributed by atoms with Crippen LogP contribution in [-0.4, -0.2) is 49.9 Å². The van der Waals surface area contributed by atoms with Crippen LogP contribution in [0.2, 0.25) is 0 Å². The molecule has 0 radical (unpaired) electrons. The number of allylic oxidation sites excluding steroid dienone is 6. The number of unbranched alkanes of at least 4 members (excludes halogenated alkanes) is 24. The van der Waals surface area contributed by atoms with Crippen molar-refractivity contribution in [3.8, 4) is 0 Å². The number of hydrogen-bond donors (Lipinski definition) is 2. The molecule has 0 aliphatic rings. The van der Waals surface area contributed by atoms with Crippen molar-refractivity contribution in [3.63, 3.8) is 0 Å². The summed E-state index contributed by atoms with van der Waals surface area (Å²) in [6, 6.07) is 0. The Morgan fingerprint density at radius 2 is 0.981 bits per heavy atom. The van der Waals surface area contributed by atoms with Crippen LogP contribution in [0.25, 0.3) is 0 Å². The molecule has 0 aliphatic heterocycles. The van der Waals surface area contributed by atoms with Crippen molar-refractivity contribution in [3.05, 3.63) is 36.5 Å². The van der Waals surface area contributed by atoms with E-state index in [1.807, 2.05) is 0 Å². The Balaban J connectivity index is 4.00. The van der Waals surface area contributed by atoms with Crippen molar-refractivity contribution in [1.29, 1.82) is 0 Å². The van der Waals surface area contributed by atoms with Crippen molar-refractivity contribution >= 4 is 13.8 Å². The fourth-order valence-electron chi connectivity index (χ4n) is 6.20. The minimum Gasteiger partial charge on any atom is -0.457 e. The van der Waals surface area contributed by atoms with Gasteiger partial charge in [-0.05, 0) is 70.6 Å². The first-order chi connectivity index (χ1) is 26.4. The molecule has 0 aromatic rings. The molecule has 0 saturated heterocycles. The third-order valence-electron chi connectivity index (χ3n) is 9.53. The molecule has 0 spiro atoms. The van der Waals surface area contributed by atoms with E-state index in [-0.39, 0.29) is 32.3 Å². The van der Waals surface area contributed by atoms with Crippen LogP contribution < -0.4 is 5.73 Å². The number of phosphoric ester groups is 1. The Labute approximate surface area is 333 Å². The summed E-state index contributed by atoms with van der Waals surface area (Å²) in [5.41, 5.74) is 5.37. The summed E-state index contributed by atoms with van der Waals surface area (Å²) >= 11 is 0. The van der Waals surface area contributed by atoms with E-state index in [0.717, 1.165) is 38.5 Å². The molecule has 2 unspecified atom stereocenters. The van der Waals surface area contributed by atoms with Gasteiger partial charge < -0.3 is 20.1 Å². The van der Waals surface area contributed by atoms with Crippen molar-refractivity contribution in [2.24, 2.45) is 5.73 Å². The average molecular weight is 784 g/mol. The monoisotopic (exact) mass is 784 g/mol. The van der Waals surface area contributed by atoms with E-state index < -0.39 is 13.9 Å². The molecule has 0 heterocycles. The minimum atomic E-state index is -4.28. The number of nitrogens with two attached hydrogens (primary N) is 1. The highest BCUT2D eigenvalue weighted by Crippen LogP contribution is 2.43. The molecule has 318 valence electrons. The molecule has 0 rings (SSSR count). The van der Waals surface area contributed by atoms with E-state index in [1.54, 1.807) is 0 Å². The number of ether oxygens (including phenoxy) is 2. The molecule has 0 aliphatic carbocycles. The smallest absolute Gasteiger partial charge is 0.457 e. The van der Waals surface area contributed by atoms with Crippen LogP contribution in [-0.2, 0) is 27.9 Å². The predicted molar refractivity (Wildman–Crippen MR) is 229 cm³/mol. The van der Waals surface area contributed by atoms with E-state index in [0.29, 0.717) is 13.0 Å². The van der Waals surface area contributed by atoms with Gasteiger partial charge in [-0.2, -0.15) is 0 Å². The van der Waals surface area contributed by atoms with Crippen molar-refractivity contribution < 1.29 is 32.8 Å². The number of esters is 1. The fraction of sp³-hybridized carbons (Fsp3) is 0.844. The van der Waals surface area contributed by atoms with Crippen LogP contribution in [0.1, 0.15) is 206 Å². The van der Waals surface area contributed by atoms with Crippen molar-refractivity contribution in [2.75, 3.05) is 33.0 Å². The van der Waals surface area contributed by atoms with Crippen LogP contribution in [0.15, 0.2) is 36.5 Å². The average Bonchev–Trinajstić information content (AvgIpc) is 3.16. The van der Waals surface area contributed by atoms with E-state index in [1.165, 1.54) is 148 Å². The van der Waals surface area contributed by atoms with Gasteiger partial charge in [-0.1, -0.05) is 166 Å². The first kappa shape index (κ1) is 52.7. The second-order valence-electron chi connectivity index (χ2n) is 14.9. The summed E-state index contributed by atoms with van der Waals surface area (Å²) in [7, 11) is -4.28. The first-order valence-electron chi connectivity index (χ1n) is 22.5. The SMILES string of the molecule is CCCCCC/C=C\CCCCCCCCOCC(COP(=O)(O)OCCN)OC(=O)CCCCCCCCCCC/C=C\C/C=C\CCCCCCC. The van der Waals surface area contributed by atoms with Gasteiger partial charge in [0.2, 0.25) is 0 Å². The molecular weight excluding hydrogens is 697 g/mol. The van der Waals surface area contributed by atoms with Crippen molar-refractivity contribution in [1.82, 2.24) is 0 Å². The van der Waals surface area contributed by atoms with E-state index >= 15 is 0 Å². The fourth-order valence-corrected chi connectivity index (χ4v) is 6.96. The Hall–Kier alpha value is -1.28. The molecule has 54 heavy (non-hydrogen) atoms. The lowest BCUT2D eigenvalue weighted by molar-refractivity contribution is -0.154. The molecule has 0 bridgehead atoms. The summed E-state index contributed by atoms with van der Waals surface area (Å²) in [6.45, 7) is 4.90. The second-order valence-corrected chi connectivity index (χ2v) is 16.4. The molecule has 0 aromatic carbocycles. The molecule has 0 amide bonds. The van der Waals surface area contributed by atoms with Gasteiger partial charge >= 0.3 is 13.8 Å². The lowest BCUT2D eigenvalue weighted by atomic mass is 10.1. The number of carbonyl (C=O) groups is 1. The number of phosphoric acid groups is 1. The molecule has 9 heteroatoms. The number of hydrogen-bond acceptors (Lipinski definition) is 7. The van der Waals surface area contributed by atoms with Gasteiger partial charge in [-0.25, -0.2) is 4.57 Å². The van der Waals surface area contributed by atoms with Crippen LogP contribution in [0.5, 0.6) is 0 Å². The third kappa shape index (κ3) is 41.9. The van der Waals surface area contributed by atoms with Gasteiger partial charge in [0, 0.05) is 19.6 Å². The zero-order valence-electron chi connectivity index (χ0n) is 35.2. The zero-order chi connectivity index (χ0) is 39.5. The minimum absolute atomic E-state index is 0.0974. The molecule has 0 saturated carbocycles. The molecule has 8 nitrogen and oxygen atoms in total. The Morgan fingerprint density at radius 1 is 0.556 bits per heavy atom. The van der Waals surface area contributed by atoms with Crippen LogP contribution >= 0.6 is 7.82 Å². The Kier molecular flexibility index (Phi) is 41.8. The summed E-state index contributed by atoms with van der Waals surface area (Å²) in [6.07, 6.45) is 48.7. The lowest BCUT2D eigenvalue weighted by Crippen LogP contribution is -2.28. The summed E-state index contributed by atoms with van der Waals surface area (Å²) in [5, 5.41) is 0. The second kappa shape index (κ2) is 42.9. The first-order valence-corrected chi connectivity index (χ1v) is 24.0. The van der Waals surface area contributed by atoms with Gasteiger partial charge in [0.1, 0.15) is 6.10 Å². The largest absolute Gasteiger partial charge is 0.472 e. The van der Waals surface area contributed by atoms with Crippen LogP contribution in [0, 0.1) is 0 Å². The Bertz CT molecular complexity index is 926. The van der Waals surface area contributed by atoms with E-state index in [2.05, 4.69) is 50.3 Å². The number of carbonyl (C=O) groups excluding carboxylic acids is 1. The summed E-state index contributed by atoms with van der Waals surface area (Å²) in [4.78, 5) is 22.5. The van der Waals surface area contributed by atoms with E-state index in [9.17, 15) is 14.3 Å².